The molecule has 3 aromatic rings. The summed E-state index contributed by atoms with van der Waals surface area (Å²) in [6.07, 6.45) is -1.33. The van der Waals surface area contributed by atoms with E-state index in [1.54, 1.807) is 13.7 Å². The van der Waals surface area contributed by atoms with Gasteiger partial charge in [0.1, 0.15) is 29.3 Å². The summed E-state index contributed by atoms with van der Waals surface area (Å²) in [7, 11) is 0.664. The normalized spacial score (nSPS) is 22.9. The molecule has 0 saturated carbocycles. The summed E-state index contributed by atoms with van der Waals surface area (Å²) in [5.74, 6) is -0.700. The molecule has 6 nitrogen and oxygen atoms in total. The highest BCUT2D eigenvalue weighted by atomic mass is 31.2. The molecule has 1 saturated heterocycles. The lowest BCUT2D eigenvalue weighted by Gasteiger charge is -2.33. The summed E-state index contributed by atoms with van der Waals surface area (Å²) in [5.41, 5.74) is -2.91. The van der Waals surface area contributed by atoms with E-state index in [4.69, 9.17) is 0 Å². The fraction of sp³-hybridized carbons (Fsp3) is 0.435. The zero-order valence-electron chi connectivity index (χ0n) is 19.1. The number of pyridine rings is 1. The van der Waals surface area contributed by atoms with E-state index in [1.807, 2.05) is 0 Å². The third kappa shape index (κ3) is 4.35. The van der Waals surface area contributed by atoms with Gasteiger partial charge in [-0.25, -0.2) is 27.5 Å². The van der Waals surface area contributed by atoms with Gasteiger partial charge in [-0.05, 0) is 25.6 Å². The Morgan fingerprint density at radius 1 is 1.24 bits per heavy atom. The second-order valence-corrected chi connectivity index (χ2v) is 12.5. The molecule has 0 spiro atoms. The lowest BCUT2D eigenvalue weighted by Crippen LogP contribution is -2.36. The van der Waals surface area contributed by atoms with Gasteiger partial charge in [0.05, 0.1) is 23.7 Å². The van der Waals surface area contributed by atoms with Gasteiger partial charge in [-0.2, -0.15) is 0 Å². The Morgan fingerprint density at radius 3 is 2.56 bits per heavy atom. The van der Waals surface area contributed by atoms with Crippen molar-refractivity contribution in [3.8, 4) is 0 Å². The van der Waals surface area contributed by atoms with Crippen molar-refractivity contribution in [2.24, 2.45) is 7.05 Å². The molecule has 0 radical (unpaired) electrons. The SMILES string of the molecule is CN(Cc1cccc(C(F)F)c1F)c1ncnc2c1cc(C1(F)CCP(C)(=O)CC1)c(=O)n2C. The molecule has 0 amide bonds. The number of alkyl halides is 3. The second-order valence-electron chi connectivity index (χ2n) is 9.04. The van der Waals surface area contributed by atoms with Crippen molar-refractivity contribution < 1.29 is 22.1 Å². The summed E-state index contributed by atoms with van der Waals surface area (Å²) in [6, 6.07) is 5.22. The zero-order valence-corrected chi connectivity index (χ0v) is 20.0. The van der Waals surface area contributed by atoms with Crippen LogP contribution < -0.4 is 10.5 Å². The Morgan fingerprint density at radius 2 is 1.91 bits per heavy atom. The number of hydrogen-bond donors (Lipinski definition) is 0. The highest BCUT2D eigenvalue weighted by Crippen LogP contribution is 2.53. The maximum Gasteiger partial charge on any atom is 0.266 e. The predicted molar refractivity (Wildman–Crippen MR) is 124 cm³/mol. The van der Waals surface area contributed by atoms with E-state index in [2.05, 4.69) is 9.97 Å². The zero-order chi connectivity index (χ0) is 24.8. The molecule has 4 rings (SSSR count). The molecular weight excluding hydrogens is 471 g/mol. The number of rotatable bonds is 5. The molecule has 0 unspecified atom stereocenters. The first kappa shape index (κ1) is 24.4. The fourth-order valence-electron chi connectivity index (χ4n) is 4.44. The Hall–Kier alpha value is -2.74. The summed E-state index contributed by atoms with van der Waals surface area (Å²) in [4.78, 5) is 23.0. The van der Waals surface area contributed by atoms with Crippen molar-refractivity contribution in [1.29, 1.82) is 0 Å². The highest BCUT2D eigenvalue weighted by molar-refractivity contribution is 7.63. The minimum Gasteiger partial charge on any atom is -0.355 e. The second kappa shape index (κ2) is 8.80. The van der Waals surface area contributed by atoms with Gasteiger partial charge in [-0.3, -0.25) is 9.36 Å². The average Bonchev–Trinajstić information content (AvgIpc) is 2.79. The quantitative estimate of drug-likeness (QED) is 0.368. The van der Waals surface area contributed by atoms with Crippen LogP contribution in [0.2, 0.25) is 0 Å². The minimum absolute atomic E-state index is 0.0218. The van der Waals surface area contributed by atoms with Gasteiger partial charge in [-0.15, -0.1) is 0 Å². The number of anilines is 1. The number of fused-ring (bicyclic) bond motifs is 1. The van der Waals surface area contributed by atoms with E-state index < -0.39 is 36.2 Å². The third-order valence-corrected chi connectivity index (χ3v) is 8.88. The molecule has 1 aliphatic rings. The monoisotopic (exact) mass is 496 g/mol. The number of aryl methyl sites for hydroxylation is 1. The molecule has 11 heteroatoms. The van der Waals surface area contributed by atoms with E-state index in [0.29, 0.717) is 11.2 Å². The number of hydrogen-bond acceptors (Lipinski definition) is 5. The maximum absolute atomic E-state index is 16.0. The van der Waals surface area contributed by atoms with Crippen LogP contribution in [0.15, 0.2) is 35.4 Å². The lowest BCUT2D eigenvalue weighted by atomic mass is 9.90. The summed E-state index contributed by atoms with van der Waals surface area (Å²) in [6.45, 7) is 1.56. The molecule has 1 aromatic carbocycles. The molecule has 0 atom stereocenters. The van der Waals surface area contributed by atoms with E-state index in [0.717, 1.165) is 6.07 Å². The summed E-state index contributed by atoms with van der Waals surface area (Å²) in [5, 5.41) is 0.370. The summed E-state index contributed by atoms with van der Waals surface area (Å²) < 4.78 is 70.4. The smallest absolute Gasteiger partial charge is 0.266 e. The highest BCUT2D eigenvalue weighted by Gasteiger charge is 2.42. The van der Waals surface area contributed by atoms with Crippen molar-refractivity contribution in [3.05, 3.63) is 63.5 Å². The molecule has 34 heavy (non-hydrogen) atoms. The third-order valence-electron chi connectivity index (χ3n) is 6.54. The Bertz CT molecular complexity index is 1350. The van der Waals surface area contributed by atoms with E-state index >= 15 is 4.39 Å². The van der Waals surface area contributed by atoms with Crippen LogP contribution in [0.4, 0.5) is 23.4 Å². The van der Waals surface area contributed by atoms with Crippen molar-refractivity contribution in [1.82, 2.24) is 14.5 Å². The fourth-order valence-corrected chi connectivity index (χ4v) is 6.31. The Balaban J connectivity index is 1.79. The topological polar surface area (TPSA) is 68.1 Å². The van der Waals surface area contributed by atoms with Gasteiger partial charge in [0.2, 0.25) is 0 Å². The van der Waals surface area contributed by atoms with Crippen LogP contribution in [0.3, 0.4) is 0 Å². The first-order chi connectivity index (χ1) is 15.9. The van der Waals surface area contributed by atoms with Crippen LogP contribution in [-0.2, 0) is 23.8 Å². The predicted octanol–water partition coefficient (Wildman–Crippen LogP) is 4.99. The van der Waals surface area contributed by atoms with Crippen LogP contribution in [0.25, 0.3) is 11.0 Å². The number of benzene rings is 1. The molecule has 0 bridgehead atoms. The first-order valence-corrected chi connectivity index (χ1v) is 13.3. The minimum atomic E-state index is -2.95. The van der Waals surface area contributed by atoms with Gasteiger partial charge >= 0.3 is 0 Å². The summed E-state index contributed by atoms with van der Waals surface area (Å²) >= 11 is 0. The van der Waals surface area contributed by atoms with Crippen LogP contribution >= 0.6 is 7.14 Å². The maximum atomic E-state index is 16.0. The van der Waals surface area contributed by atoms with Gasteiger partial charge < -0.3 is 9.46 Å². The molecule has 2 aromatic heterocycles. The van der Waals surface area contributed by atoms with Crippen LogP contribution in [0.5, 0.6) is 0 Å². The van der Waals surface area contributed by atoms with Crippen molar-refractivity contribution in [2.75, 3.05) is 30.9 Å². The van der Waals surface area contributed by atoms with Crippen molar-refractivity contribution in [3.63, 3.8) is 0 Å². The Labute approximate surface area is 194 Å². The van der Waals surface area contributed by atoms with E-state index in [1.165, 1.54) is 41.0 Å². The molecule has 1 fully saturated rings. The first-order valence-electron chi connectivity index (χ1n) is 10.8. The van der Waals surface area contributed by atoms with Gasteiger partial charge in [-0.1, -0.05) is 18.2 Å². The van der Waals surface area contributed by atoms with Crippen LogP contribution in [-0.4, -0.2) is 40.6 Å². The molecule has 1 aliphatic heterocycles. The standard InChI is InChI=1S/C23H25F4N4O2P/c1-30(12-14-5-4-6-15(18(14)24)19(25)26)20-16-11-17(22(32)31(2)21(16)29-13-28-20)23(27)7-9-34(3,33)10-8-23/h4-6,11,13,19H,7-10,12H2,1-3H3. The molecule has 3 heterocycles. The number of halogens is 4. The molecular formula is C23H25F4N4O2P. The van der Waals surface area contributed by atoms with Crippen molar-refractivity contribution >= 4 is 24.0 Å². The van der Waals surface area contributed by atoms with E-state index in [9.17, 15) is 22.5 Å². The van der Waals surface area contributed by atoms with Crippen LogP contribution in [0, 0.1) is 5.82 Å². The Kier molecular flexibility index (Phi) is 6.31. The lowest BCUT2D eigenvalue weighted by molar-refractivity contribution is 0.145. The number of nitrogens with zero attached hydrogens (tertiary/aromatic N) is 4. The van der Waals surface area contributed by atoms with Gasteiger partial charge in [0, 0.05) is 38.5 Å². The van der Waals surface area contributed by atoms with Gasteiger partial charge in [0.25, 0.3) is 12.0 Å². The van der Waals surface area contributed by atoms with Crippen LogP contribution in [0.1, 0.15) is 36.0 Å². The van der Waals surface area contributed by atoms with E-state index in [-0.39, 0.29) is 48.5 Å². The molecule has 182 valence electrons. The molecule has 0 aliphatic carbocycles. The number of aromatic nitrogens is 3. The largest absolute Gasteiger partial charge is 0.355 e. The van der Waals surface area contributed by atoms with Crippen molar-refractivity contribution in [2.45, 2.75) is 31.5 Å². The average molecular weight is 496 g/mol. The van der Waals surface area contributed by atoms with Gasteiger partial charge in [0.15, 0.2) is 0 Å². The molecule has 0 N–H and O–H groups in total.